The molecule has 7 heteroatoms. The number of benzene rings is 1. The number of hydrogen-bond acceptors (Lipinski definition) is 4. The molecule has 0 saturated heterocycles. The van der Waals surface area contributed by atoms with E-state index < -0.39 is 0 Å². The van der Waals surface area contributed by atoms with E-state index in [9.17, 15) is 4.79 Å². The van der Waals surface area contributed by atoms with Crippen LogP contribution in [0, 0.1) is 6.92 Å². The van der Waals surface area contributed by atoms with E-state index in [-0.39, 0.29) is 5.91 Å². The fraction of sp³-hybridized carbons (Fsp3) is 0.273. The van der Waals surface area contributed by atoms with Crippen molar-refractivity contribution in [2.45, 2.75) is 32.2 Å². The van der Waals surface area contributed by atoms with Crippen molar-refractivity contribution >= 4 is 22.6 Å². The number of fused-ring (bicyclic) bond motifs is 1. The lowest BCUT2D eigenvalue weighted by atomic mass is 10.1. The summed E-state index contributed by atoms with van der Waals surface area (Å²) in [5, 5.41) is 12.6. The molecule has 1 fully saturated rings. The molecule has 0 bridgehead atoms. The van der Waals surface area contributed by atoms with Crippen molar-refractivity contribution in [3.63, 3.8) is 0 Å². The Balaban J connectivity index is 1.43. The summed E-state index contributed by atoms with van der Waals surface area (Å²) in [6.45, 7) is 2.57. The number of pyridine rings is 1. The third-order valence-electron chi connectivity index (χ3n) is 5.31. The van der Waals surface area contributed by atoms with E-state index in [4.69, 9.17) is 4.98 Å². The van der Waals surface area contributed by atoms with Gasteiger partial charge in [0.05, 0.1) is 35.1 Å². The molecule has 0 unspecified atom stereocenters. The molecular weight excluding hydrogens is 364 g/mol. The first kappa shape index (κ1) is 17.6. The highest BCUT2D eigenvalue weighted by atomic mass is 16.1. The lowest BCUT2D eigenvalue weighted by molar-refractivity contribution is 0.102. The predicted molar refractivity (Wildman–Crippen MR) is 111 cm³/mol. The van der Waals surface area contributed by atoms with E-state index in [1.807, 2.05) is 49.1 Å². The highest BCUT2D eigenvalue weighted by Gasteiger charge is 2.28. The van der Waals surface area contributed by atoms with Crippen molar-refractivity contribution in [2.75, 3.05) is 5.32 Å². The number of aromatic nitrogens is 5. The fourth-order valence-corrected chi connectivity index (χ4v) is 3.72. The van der Waals surface area contributed by atoms with Crippen LogP contribution in [0.15, 0.2) is 48.8 Å². The van der Waals surface area contributed by atoms with E-state index in [2.05, 4.69) is 27.6 Å². The molecule has 1 amide bonds. The molecule has 0 radical (unpaired) electrons. The monoisotopic (exact) mass is 386 g/mol. The van der Waals surface area contributed by atoms with Crippen LogP contribution in [0.1, 0.15) is 46.1 Å². The molecule has 0 spiro atoms. The highest BCUT2D eigenvalue weighted by molar-refractivity contribution is 6.12. The molecule has 1 aliphatic rings. The minimum atomic E-state index is -0.158. The molecular formula is C22H22N6O. The number of anilines is 1. The van der Waals surface area contributed by atoms with Gasteiger partial charge in [-0.3, -0.25) is 14.2 Å². The predicted octanol–water partition coefficient (Wildman–Crippen LogP) is 3.65. The standard InChI is InChI=1S/C22H22N6O/c1-14-20-18(10-19(16-8-9-16)25-21(20)27(2)26-14)22(29)24-17-11-23-28(13-17)12-15-6-4-3-5-7-15/h3-7,10-11,13,16H,8-9,12H2,1-2H3,(H,24,29). The zero-order chi connectivity index (χ0) is 20.0. The fourth-order valence-electron chi connectivity index (χ4n) is 3.72. The molecule has 1 saturated carbocycles. The van der Waals surface area contributed by atoms with Gasteiger partial charge in [-0.25, -0.2) is 4.98 Å². The summed E-state index contributed by atoms with van der Waals surface area (Å²) in [4.78, 5) is 17.9. The lowest BCUT2D eigenvalue weighted by Crippen LogP contribution is -2.13. The van der Waals surface area contributed by atoms with Crippen LogP contribution in [0.25, 0.3) is 11.0 Å². The van der Waals surface area contributed by atoms with Crippen LogP contribution < -0.4 is 5.32 Å². The van der Waals surface area contributed by atoms with Gasteiger partial charge < -0.3 is 5.32 Å². The van der Waals surface area contributed by atoms with Crippen molar-refractivity contribution in [1.82, 2.24) is 24.5 Å². The Labute approximate surface area is 168 Å². The van der Waals surface area contributed by atoms with Crippen LogP contribution in [0.4, 0.5) is 5.69 Å². The summed E-state index contributed by atoms with van der Waals surface area (Å²) < 4.78 is 3.57. The third-order valence-corrected chi connectivity index (χ3v) is 5.31. The molecule has 5 rings (SSSR count). The van der Waals surface area contributed by atoms with Crippen molar-refractivity contribution < 1.29 is 4.79 Å². The maximum Gasteiger partial charge on any atom is 0.256 e. The largest absolute Gasteiger partial charge is 0.319 e. The molecule has 146 valence electrons. The highest BCUT2D eigenvalue weighted by Crippen LogP contribution is 2.40. The Kier molecular flexibility index (Phi) is 4.16. The Morgan fingerprint density at radius 1 is 1.24 bits per heavy atom. The van der Waals surface area contributed by atoms with Gasteiger partial charge >= 0.3 is 0 Å². The van der Waals surface area contributed by atoms with Crippen LogP contribution in [0.5, 0.6) is 0 Å². The summed E-state index contributed by atoms with van der Waals surface area (Å²) in [7, 11) is 1.87. The van der Waals surface area contributed by atoms with Gasteiger partial charge in [0.2, 0.25) is 0 Å². The number of carbonyl (C=O) groups is 1. The van der Waals surface area contributed by atoms with Crippen molar-refractivity contribution in [2.24, 2.45) is 7.05 Å². The van der Waals surface area contributed by atoms with Gasteiger partial charge in [-0.2, -0.15) is 10.2 Å². The number of rotatable bonds is 5. The molecule has 0 atom stereocenters. The summed E-state index contributed by atoms with van der Waals surface area (Å²) in [5.74, 6) is 0.296. The van der Waals surface area contributed by atoms with Crippen LogP contribution >= 0.6 is 0 Å². The Morgan fingerprint density at radius 2 is 2.03 bits per heavy atom. The van der Waals surface area contributed by atoms with Crippen molar-refractivity contribution in [3.8, 4) is 0 Å². The van der Waals surface area contributed by atoms with Crippen molar-refractivity contribution in [1.29, 1.82) is 0 Å². The SMILES string of the molecule is Cc1nn(C)c2nc(C3CC3)cc(C(=O)Nc3cnn(Cc4ccccc4)c3)c12. The molecule has 4 aromatic rings. The normalized spacial score (nSPS) is 13.7. The zero-order valence-electron chi connectivity index (χ0n) is 16.5. The van der Waals surface area contributed by atoms with Gasteiger partial charge in [0, 0.05) is 24.9 Å². The van der Waals surface area contributed by atoms with E-state index in [0.29, 0.717) is 23.7 Å². The minimum Gasteiger partial charge on any atom is -0.319 e. The molecule has 1 aromatic carbocycles. The molecule has 7 nitrogen and oxygen atoms in total. The molecule has 1 aliphatic carbocycles. The van der Waals surface area contributed by atoms with E-state index in [1.165, 1.54) is 0 Å². The number of nitrogens with one attached hydrogen (secondary N) is 1. The van der Waals surface area contributed by atoms with Crippen molar-refractivity contribution in [3.05, 3.63) is 71.3 Å². The minimum absolute atomic E-state index is 0.158. The van der Waals surface area contributed by atoms with Gasteiger partial charge in [0.15, 0.2) is 5.65 Å². The lowest BCUT2D eigenvalue weighted by Gasteiger charge is -2.08. The second-order valence-corrected chi connectivity index (χ2v) is 7.64. The van der Waals surface area contributed by atoms with Gasteiger partial charge in [-0.15, -0.1) is 0 Å². The molecule has 3 aromatic heterocycles. The van der Waals surface area contributed by atoms with Gasteiger partial charge in [-0.05, 0) is 31.4 Å². The third kappa shape index (κ3) is 3.40. The van der Waals surface area contributed by atoms with Gasteiger partial charge in [0.1, 0.15) is 0 Å². The molecule has 3 heterocycles. The van der Waals surface area contributed by atoms with E-state index >= 15 is 0 Å². The van der Waals surface area contributed by atoms with Gasteiger partial charge in [0.25, 0.3) is 5.91 Å². The summed E-state index contributed by atoms with van der Waals surface area (Å²) in [5.41, 5.74) is 5.00. The van der Waals surface area contributed by atoms with Crippen LogP contribution in [-0.4, -0.2) is 30.5 Å². The molecule has 29 heavy (non-hydrogen) atoms. The Bertz CT molecular complexity index is 1200. The number of hydrogen-bond donors (Lipinski definition) is 1. The number of nitrogens with zero attached hydrogens (tertiary/aromatic N) is 5. The molecule has 0 aliphatic heterocycles. The summed E-state index contributed by atoms with van der Waals surface area (Å²) in [6.07, 6.45) is 5.78. The van der Waals surface area contributed by atoms with Crippen LogP contribution in [0.2, 0.25) is 0 Å². The smallest absolute Gasteiger partial charge is 0.256 e. The average molecular weight is 386 g/mol. The van der Waals surface area contributed by atoms with Crippen LogP contribution in [0.3, 0.4) is 0 Å². The Hall–Kier alpha value is -3.48. The topological polar surface area (TPSA) is 77.6 Å². The molecule has 1 N–H and O–H groups in total. The van der Waals surface area contributed by atoms with Crippen LogP contribution in [-0.2, 0) is 13.6 Å². The average Bonchev–Trinajstić information content (AvgIpc) is 3.42. The first-order chi connectivity index (χ1) is 14.1. The first-order valence-electron chi connectivity index (χ1n) is 9.80. The van der Waals surface area contributed by atoms with E-state index in [1.54, 1.807) is 10.9 Å². The maximum absolute atomic E-state index is 13.1. The maximum atomic E-state index is 13.1. The summed E-state index contributed by atoms with van der Waals surface area (Å²) in [6, 6.07) is 12.0. The quantitative estimate of drug-likeness (QED) is 0.568. The second kappa shape index (κ2) is 6.84. The number of amides is 1. The zero-order valence-corrected chi connectivity index (χ0v) is 16.5. The van der Waals surface area contributed by atoms with Gasteiger partial charge in [-0.1, -0.05) is 30.3 Å². The first-order valence-corrected chi connectivity index (χ1v) is 9.80. The second-order valence-electron chi connectivity index (χ2n) is 7.64. The Morgan fingerprint density at radius 3 is 2.79 bits per heavy atom. The summed E-state index contributed by atoms with van der Waals surface area (Å²) >= 11 is 0. The number of aryl methyl sites for hydroxylation is 2. The van der Waals surface area contributed by atoms with E-state index in [0.717, 1.165) is 40.8 Å². The number of carbonyl (C=O) groups excluding carboxylic acids is 1.